The Kier molecular flexibility index (Phi) is 6.82. The summed E-state index contributed by atoms with van der Waals surface area (Å²) in [4.78, 5) is 20.8. The van der Waals surface area contributed by atoms with Gasteiger partial charge in [-0.2, -0.15) is 0 Å². The normalized spacial score (nSPS) is 15.6. The van der Waals surface area contributed by atoms with Crippen molar-refractivity contribution in [3.63, 3.8) is 0 Å². The van der Waals surface area contributed by atoms with E-state index in [4.69, 9.17) is 9.72 Å². The number of carboxylic acid groups (broad SMARTS) is 1. The van der Waals surface area contributed by atoms with Crippen molar-refractivity contribution in [2.45, 2.75) is 70.1 Å². The van der Waals surface area contributed by atoms with Crippen LogP contribution in [0.25, 0.3) is 0 Å². The number of nitrogens with zero attached hydrogens (tertiary/aromatic N) is 2. The van der Waals surface area contributed by atoms with Crippen LogP contribution in [-0.4, -0.2) is 34.2 Å². The summed E-state index contributed by atoms with van der Waals surface area (Å²) in [7, 11) is 0. The molecule has 0 unspecified atom stereocenters. The van der Waals surface area contributed by atoms with Gasteiger partial charge in [-0.1, -0.05) is 31.7 Å². The summed E-state index contributed by atoms with van der Waals surface area (Å²) in [6, 6.07) is 6.35. The van der Waals surface area contributed by atoms with E-state index in [9.17, 15) is 9.90 Å². The van der Waals surface area contributed by atoms with E-state index >= 15 is 0 Å². The Morgan fingerprint density at radius 3 is 2.90 bits per heavy atom. The number of pyridine rings is 2. The molecule has 0 spiro atoms. The lowest BCUT2D eigenvalue weighted by Crippen LogP contribution is -2.14. The zero-order valence-corrected chi connectivity index (χ0v) is 17.5. The summed E-state index contributed by atoms with van der Waals surface area (Å²) in [5, 5.41) is 13.1. The predicted molar refractivity (Wildman–Crippen MR) is 116 cm³/mol. The molecule has 4 heterocycles. The molecule has 2 aromatic rings. The summed E-state index contributed by atoms with van der Waals surface area (Å²) in [6.07, 6.45) is 11.9. The third kappa shape index (κ3) is 5.10. The Labute approximate surface area is 178 Å². The lowest BCUT2D eigenvalue weighted by atomic mass is 9.93. The van der Waals surface area contributed by atoms with Gasteiger partial charge in [-0.25, -0.2) is 9.97 Å². The highest BCUT2D eigenvalue weighted by atomic mass is 16.5. The zero-order valence-electron chi connectivity index (χ0n) is 17.5. The average molecular weight is 410 g/mol. The van der Waals surface area contributed by atoms with Crippen LogP contribution in [0.3, 0.4) is 0 Å². The van der Waals surface area contributed by atoms with Crippen molar-refractivity contribution in [3.8, 4) is 5.88 Å². The van der Waals surface area contributed by atoms with E-state index in [0.29, 0.717) is 18.9 Å². The zero-order chi connectivity index (χ0) is 20.8. The molecule has 0 saturated carbocycles. The quantitative estimate of drug-likeness (QED) is 0.561. The standard InChI is InChI=1S/C24H31N3O3/c28-24(29)21(19-15-18-12-14-30-23(18)26-16-19)9-5-3-1-2-4-8-20-11-10-17-7-6-13-25-22(17)27-20/h10-11,15-16,21H,1-9,12-14H2,(H,25,27)(H,28,29)/t21-/m0/s1. The molecule has 30 heavy (non-hydrogen) atoms. The molecule has 2 N–H and O–H groups in total. The first-order valence-electron chi connectivity index (χ1n) is 11.3. The van der Waals surface area contributed by atoms with Gasteiger partial charge in [-0.3, -0.25) is 4.79 Å². The number of carboxylic acids is 1. The highest BCUT2D eigenvalue weighted by Crippen LogP contribution is 2.29. The molecule has 2 aliphatic rings. The van der Waals surface area contributed by atoms with Crippen molar-refractivity contribution in [2.75, 3.05) is 18.5 Å². The minimum Gasteiger partial charge on any atom is -0.481 e. The van der Waals surface area contributed by atoms with Crippen molar-refractivity contribution in [2.24, 2.45) is 0 Å². The number of anilines is 1. The number of carbonyl (C=O) groups is 1. The van der Waals surface area contributed by atoms with Crippen LogP contribution in [0.4, 0.5) is 5.82 Å². The van der Waals surface area contributed by atoms with E-state index in [0.717, 1.165) is 74.9 Å². The van der Waals surface area contributed by atoms with Crippen molar-refractivity contribution in [1.82, 2.24) is 9.97 Å². The number of rotatable bonds is 10. The topological polar surface area (TPSA) is 84.3 Å². The van der Waals surface area contributed by atoms with Gasteiger partial charge in [0.25, 0.3) is 0 Å². The molecule has 0 radical (unpaired) electrons. The summed E-state index contributed by atoms with van der Waals surface area (Å²) in [5.41, 5.74) is 4.34. The fourth-order valence-electron chi connectivity index (χ4n) is 4.40. The molecule has 0 saturated heterocycles. The number of ether oxygens (including phenoxy) is 1. The van der Waals surface area contributed by atoms with Gasteiger partial charge in [0.1, 0.15) is 5.82 Å². The van der Waals surface area contributed by atoms with Gasteiger partial charge in [-0.15, -0.1) is 0 Å². The summed E-state index contributed by atoms with van der Waals surface area (Å²) < 4.78 is 5.42. The summed E-state index contributed by atoms with van der Waals surface area (Å²) >= 11 is 0. The SMILES string of the molecule is O=C(O)[C@@H](CCCCCCCc1ccc2c(n1)NCCC2)c1cnc2c(c1)CCO2. The third-order valence-electron chi connectivity index (χ3n) is 6.13. The molecule has 1 atom stereocenters. The molecular weight excluding hydrogens is 378 g/mol. The van der Waals surface area contributed by atoms with Crippen LogP contribution in [-0.2, 0) is 24.1 Å². The van der Waals surface area contributed by atoms with Gasteiger partial charge < -0.3 is 15.2 Å². The largest absolute Gasteiger partial charge is 0.481 e. The van der Waals surface area contributed by atoms with Gasteiger partial charge >= 0.3 is 5.97 Å². The molecule has 2 aliphatic heterocycles. The number of aromatic nitrogens is 2. The molecule has 0 fully saturated rings. The fourth-order valence-corrected chi connectivity index (χ4v) is 4.40. The number of hydrogen-bond acceptors (Lipinski definition) is 5. The van der Waals surface area contributed by atoms with Crippen LogP contribution in [0.15, 0.2) is 24.4 Å². The lowest BCUT2D eigenvalue weighted by Gasteiger charge is -2.17. The molecule has 0 aromatic carbocycles. The van der Waals surface area contributed by atoms with Crippen LogP contribution in [0, 0.1) is 0 Å². The van der Waals surface area contributed by atoms with E-state index in [1.807, 2.05) is 6.07 Å². The Bertz CT molecular complexity index is 884. The minimum absolute atomic E-state index is 0.476. The first-order valence-corrected chi connectivity index (χ1v) is 11.3. The number of aliphatic carboxylic acids is 1. The summed E-state index contributed by atoms with van der Waals surface area (Å²) in [5.74, 6) is 0.497. The van der Waals surface area contributed by atoms with Crippen LogP contribution in [0.1, 0.15) is 73.2 Å². The first-order chi connectivity index (χ1) is 14.7. The Balaban J connectivity index is 1.17. The minimum atomic E-state index is -0.761. The number of aryl methyl sites for hydroxylation is 2. The van der Waals surface area contributed by atoms with Crippen molar-refractivity contribution in [1.29, 1.82) is 0 Å². The van der Waals surface area contributed by atoms with Gasteiger partial charge in [0.15, 0.2) is 0 Å². The van der Waals surface area contributed by atoms with Crippen LogP contribution in [0.5, 0.6) is 5.88 Å². The van der Waals surface area contributed by atoms with Gasteiger partial charge in [-0.05, 0) is 55.4 Å². The van der Waals surface area contributed by atoms with E-state index in [-0.39, 0.29) is 0 Å². The Hall–Kier alpha value is -2.63. The van der Waals surface area contributed by atoms with Crippen molar-refractivity contribution >= 4 is 11.8 Å². The van der Waals surface area contributed by atoms with Crippen LogP contribution >= 0.6 is 0 Å². The monoisotopic (exact) mass is 409 g/mol. The highest BCUT2D eigenvalue weighted by Gasteiger charge is 2.23. The van der Waals surface area contributed by atoms with Gasteiger partial charge in [0.2, 0.25) is 5.88 Å². The highest BCUT2D eigenvalue weighted by molar-refractivity contribution is 5.76. The Morgan fingerprint density at radius 1 is 1.13 bits per heavy atom. The number of fused-ring (bicyclic) bond motifs is 2. The molecule has 0 amide bonds. The summed E-state index contributed by atoms with van der Waals surface area (Å²) in [6.45, 7) is 1.66. The molecule has 6 heteroatoms. The molecule has 160 valence electrons. The average Bonchev–Trinajstić information content (AvgIpc) is 3.23. The second-order valence-corrected chi connectivity index (χ2v) is 8.37. The van der Waals surface area contributed by atoms with E-state index in [1.54, 1.807) is 6.20 Å². The molecular formula is C24H31N3O3. The molecule has 4 rings (SSSR count). The van der Waals surface area contributed by atoms with E-state index in [2.05, 4.69) is 22.4 Å². The number of nitrogens with one attached hydrogen (secondary N) is 1. The second-order valence-electron chi connectivity index (χ2n) is 8.37. The van der Waals surface area contributed by atoms with Crippen molar-refractivity contribution in [3.05, 3.63) is 46.8 Å². The van der Waals surface area contributed by atoms with Crippen LogP contribution < -0.4 is 10.1 Å². The molecule has 6 nitrogen and oxygen atoms in total. The molecule has 0 bridgehead atoms. The Morgan fingerprint density at radius 2 is 2.00 bits per heavy atom. The van der Waals surface area contributed by atoms with E-state index in [1.165, 1.54) is 17.7 Å². The second kappa shape index (κ2) is 9.92. The molecule has 2 aromatic heterocycles. The number of unbranched alkanes of at least 4 members (excludes halogenated alkanes) is 4. The van der Waals surface area contributed by atoms with Gasteiger partial charge in [0.05, 0.1) is 12.5 Å². The number of hydrogen-bond donors (Lipinski definition) is 2. The maximum atomic E-state index is 11.8. The van der Waals surface area contributed by atoms with E-state index < -0.39 is 11.9 Å². The predicted octanol–water partition coefficient (Wildman–Crippen LogP) is 4.52. The fraction of sp³-hybridized carbons (Fsp3) is 0.542. The maximum absolute atomic E-state index is 11.8. The van der Waals surface area contributed by atoms with Gasteiger partial charge in [0, 0.05) is 30.4 Å². The molecule has 0 aliphatic carbocycles. The van der Waals surface area contributed by atoms with Crippen molar-refractivity contribution < 1.29 is 14.6 Å². The van der Waals surface area contributed by atoms with Crippen LogP contribution in [0.2, 0.25) is 0 Å². The third-order valence-corrected chi connectivity index (χ3v) is 6.13. The first kappa shape index (κ1) is 20.6. The maximum Gasteiger partial charge on any atom is 0.311 e. The lowest BCUT2D eigenvalue weighted by molar-refractivity contribution is -0.139. The smallest absolute Gasteiger partial charge is 0.311 e.